The van der Waals surface area contributed by atoms with Gasteiger partial charge in [-0.2, -0.15) is 0 Å². The van der Waals surface area contributed by atoms with Gasteiger partial charge in [-0.05, 0) is 143 Å². The molecule has 3 aromatic rings. The molecule has 7 aliphatic heterocycles. The van der Waals surface area contributed by atoms with E-state index in [1.807, 2.05) is 36.6 Å². The molecule has 0 radical (unpaired) electrons. The molecule has 2 amide bonds. The van der Waals surface area contributed by atoms with Crippen LogP contribution in [0.2, 0.25) is 0 Å². The molecule has 0 spiro atoms. The topological polar surface area (TPSA) is 522 Å². The van der Waals surface area contributed by atoms with Gasteiger partial charge in [0.2, 0.25) is 5.78 Å². The molecular formula is C79H125N10O28P5. The summed E-state index contributed by atoms with van der Waals surface area (Å²) in [5, 5.41) is 87.8. The van der Waals surface area contributed by atoms with Crippen LogP contribution in [0.1, 0.15) is 98.7 Å². The molecule has 20 atom stereocenters. The third-order valence-electron chi connectivity index (χ3n) is 20.4. The molecule has 5 unspecified atom stereocenters. The highest BCUT2D eigenvalue weighted by Gasteiger charge is 2.51. The quantitative estimate of drug-likeness (QED) is 0.0185. The molecule has 10 rings (SSSR count). The normalized spacial score (nSPS) is 28.5. The highest BCUT2D eigenvalue weighted by Crippen LogP contribution is 2.44. The van der Waals surface area contributed by atoms with E-state index < -0.39 is 221 Å². The molecule has 43 heteroatoms. The molecule has 0 aromatic carbocycles. The fourth-order valence-corrected chi connectivity index (χ4v) is 18.3. The Morgan fingerprint density at radius 2 is 0.844 bits per heavy atom. The minimum absolute atomic E-state index is 0.227. The third kappa shape index (κ3) is 28.7. The number of aromatic nitrogens is 6. The molecule has 5 fully saturated rings. The predicted molar refractivity (Wildman–Crippen MR) is 476 cm³/mol. The number of hydrogen-bond acceptors (Lipinski definition) is 30. The number of nitrogens with zero attached hydrogens (tertiary/aromatic N) is 6. The fraction of sp³-hybridized carbons (Fsp3) is 0.608. The Labute approximate surface area is 708 Å². The van der Waals surface area contributed by atoms with E-state index in [-0.39, 0.29) is 29.0 Å². The summed E-state index contributed by atoms with van der Waals surface area (Å²) >= 11 is 0. The minimum atomic E-state index is -1.43. The monoisotopic (exact) mass is 1820 g/mol. The molecule has 3 aromatic heterocycles. The number of amides is 2. The van der Waals surface area contributed by atoms with E-state index in [1.54, 1.807) is 36.2 Å². The van der Waals surface area contributed by atoms with Crippen molar-refractivity contribution in [1.29, 1.82) is 0 Å². The minimum Gasteiger partial charge on any atom is -0.457 e. The molecular weight excluding hydrogens is 1690 g/mol. The van der Waals surface area contributed by atoms with Crippen molar-refractivity contribution in [3.63, 3.8) is 0 Å². The number of Topliss-reactive ketones (excluding diaryl/α,β-unsaturated/α-hetero) is 3. The van der Waals surface area contributed by atoms with E-state index in [0.29, 0.717) is 49.1 Å². The van der Waals surface area contributed by atoms with Crippen LogP contribution in [0.25, 0.3) is 0 Å². The molecule has 12 N–H and O–H groups in total. The van der Waals surface area contributed by atoms with Crippen LogP contribution in [0.15, 0.2) is 102 Å². The first-order chi connectivity index (χ1) is 56.3. The number of aromatic amines is 2. The molecule has 122 heavy (non-hydrogen) atoms. The Kier molecular flexibility index (Phi) is 36.9. The third-order valence-corrected chi connectivity index (χ3v) is 27.8. The second kappa shape index (κ2) is 43.4. The van der Waals surface area contributed by atoms with Crippen LogP contribution in [-0.4, -0.2) is 368 Å². The first-order valence-electron chi connectivity index (χ1n) is 39.1. The van der Waals surface area contributed by atoms with Crippen LogP contribution in [-0.2, 0) is 64.1 Å². The van der Waals surface area contributed by atoms with Crippen molar-refractivity contribution < 1.29 is 108 Å². The number of esters is 1. The van der Waals surface area contributed by atoms with Gasteiger partial charge in [0.05, 0.1) is 42.5 Å². The molecule has 684 valence electrons. The highest BCUT2D eigenvalue weighted by atomic mass is 31.2. The van der Waals surface area contributed by atoms with Crippen molar-refractivity contribution in [2.75, 3.05) is 118 Å². The van der Waals surface area contributed by atoms with Crippen LogP contribution in [0, 0.1) is 0 Å². The average molecular weight is 1820 g/mol. The van der Waals surface area contributed by atoms with Crippen molar-refractivity contribution >= 4 is 101 Å². The lowest BCUT2D eigenvalue weighted by Crippen LogP contribution is -2.47. The van der Waals surface area contributed by atoms with Gasteiger partial charge in [0.15, 0.2) is 43.5 Å². The lowest BCUT2D eigenvalue weighted by Gasteiger charge is -2.34. The second-order valence-corrected chi connectivity index (χ2v) is 56.1. The smallest absolute Gasteiger partial charge is 0.332 e. The SMILES string of the molecule is C=C1NC(=O)C(C)=CN1C1O[C@H](CCP(=C)(C)C)[C@@H](O)[C@H]1O.C=C1NC(=O)C=CN1C1O[C@H](CCP(=C)(C)C)[C@@H](O)[C@H]1OC.C=P(C)(C)CC[C@H]1OC(n2cc(C(=O)CC(C)=O)c(=O)[nH]c2=O)[C@H](O)[C@@H]1O.C=P(C)(C)CC[C@H]1OC(n2cc(C(=O)COC(C)=O)c(=O)[nH]c2=O)[C@H](O)[C@@H]1O.C=P(C)(C)CC[C@H]1OC(n2ccc(=O)n(C)c2=O)[C@H](OC)[C@@H]1O. The first-order valence-corrected chi connectivity index (χ1v) is 54.3. The van der Waals surface area contributed by atoms with Gasteiger partial charge < -0.3 is 99.2 Å². The summed E-state index contributed by atoms with van der Waals surface area (Å²) in [5.74, 6) is -2.40. The van der Waals surface area contributed by atoms with Crippen LogP contribution in [0.3, 0.4) is 0 Å². The summed E-state index contributed by atoms with van der Waals surface area (Å²) in [6.07, 6.45) is 17.8. The maximum atomic E-state index is 12.3. The van der Waals surface area contributed by atoms with Gasteiger partial charge in [-0.1, -0.05) is 13.2 Å². The summed E-state index contributed by atoms with van der Waals surface area (Å²) in [6.45, 7) is 25.4. The highest BCUT2D eigenvalue weighted by molar-refractivity contribution is 7.73. The number of H-pyrrole nitrogens is 2. The molecule has 38 nitrogen and oxygen atoms in total. The van der Waals surface area contributed by atoms with Gasteiger partial charge >= 0.3 is 23.0 Å². The predicted octanol–water partition coefficient (Wildman–Crippen LogP) is -0.720. The van der Waals surface area contributed by atoms with Gasteiger partial charge in [-0.3, -0.25) is 71.4 Å². The van der Waals surface area contributed by atoms with Crippen LogP contribution < -0.4 is 44.4 Å². The summed E-state index contributed by atoms with van der Waals surface area (Å²) in [6, 6.07) is 1.29. The summed E-state index contributed by atoms with van der Waals surface area (Å²) in [7, 11) is 4.42. The summed E-state index contributed by atoms with van der Waals surface area (Å²) < 4.78 is 48.4. The number of aliphatic hydroxyl groups is 8. The van der Waals surface area contributed by atoms with Gasteiger partial charge in [-0.25, -0.2) is 14.4 Å². The lowest BCUT2D eigenvalue weighted by molar-refractivity contribution is -0.139. The van der Waals surface area contributed by atoms with Crippen LogP contribution >= 0.6 is 34.4 Å². The van der Waals surface area contributed by atoms with Gasteiger partial charge in [0.1, 0.15) is 84.0 Å². The Morgan fingerprint density at radius 1 is 0.484 bits per heavy atom. The maximum Gasteiger partial charge on any atom is 0.332 e. The number of rotatable bonds is 28. The molecule has 7 aliphatic rings. The number of nitrogens with one attached hydrogen (secondary N) is 4. The first kappa shape index (κ1) is 104. The molecule has 5 saturated heterocycles. The van der Waals surface area contributed by atoms with Crippen LogP contribution in [0.4, 0.5) is 0 Å². The number of carbonyl (C=O) groups is 6. The number of ketones is 3. The van der Waals surface area contributed by atoms with Gasteiger partial charge in [0, 0.05) is 76.9 Å². The number of methoxy groups -OCH3 is 2. The van der Waals surface area contributed by atoms with E-state index in [9.17, 15) is 98.4 Å². The maximum absolute atomic E-state index is 12.3. The number of ether oxygens (including phenoxy) is 8. The fourth-order valence-electron chi connectivity index (χ4n) is 13.5. The van der Waals surface area contributed by atoms with Crippen LogP contribution in [0.5, 0.6) is 0 Å². The van der Waals surface area contributed by atoms with Crippen molar-refractivity contribution in [1.82, 2.24) is 48.7 Å². The number of aliphatic hydroxyl groups excluding tert-OH is 8. The largest absolute Gasteiger partial charge is 0.457 e. The van der Waals surface area contributed by atoms with Crippen molar-refractivity contribution in [3.8, 4) is 0 Å². The Bertz CT molecular complexity index is 5020. The summed E-state index contributed by atoms with van der Waals surface area (Å²) in [4.78, 5) is 148. The number of hydrogen-bond donors (Lipinski definition) is 12. The zero-order valence-corrected chi connectivity index (χ0v) is 76.7. The van der Waals surface area contributed by atoms with Crippen molar-refractivity contribution in [2.24, 2.45) is 7.05 Å². The zero-order valence-electron chi connectivity index (χ0n) is 72.2. The van der Waals surface area contributed by atoms with Crippen molar-refractivity contribution in [2.45, 2.75) is 182 Å². The van der Waals surface area contributed by atoms with Gasteiger partial charge in [0.25, 0.3) is 28.5 Å². The average Bonchev–Trinajstić information content (AvgIpc) is 1.62. The molecule has 0 saturated carbocycles. The van der Waals surface area contributed by atoms with Crippen molar-refractivity contribution in [3.05, 3.63) is 147 Å². The van der Waals surface area contributed by atoms with E-state index in [4.69, 9.17) is 33.2 Å². The Balaban J connectivity index is 0.000000237. The Morgan fingerprint density at radius 3 is 1.23 bits per heavy atom. The standard InChI is InChI=1S/C17H25N2O8P.C17H25N2O7P.C15H25N2O5P.2C15H25N2O4P/c1-9(20)26-8-11(21)10-7-19(17(25)18-15(10)24)16-14(23)13(22)12(27-16)5-6-28(2,3)4;1-9(20)7-11(21)10-8-19(17(25)18-15(10)24)16-14(23)13(22)12(26-16)5-6-27(2,3)4;1-16-11(18)6-8-17(15(16)20)14-13(21-2)12(19)10(22-14)7-9-23(3,4)5;1-10-16-12(18)6-8-17(10)15-14(20-2)13(19)11(21-15)7-9-22(3,4)5;1-9-8-17(10(2)16-14(9)20)15-13(19)12(18)11(21-15)6-7-22(3,4)5/h7,12-14,16,22-23H,2,5-6,8H2,1,3-4H3,(H,18,24,25);8,12-14,16,22-23H,2,5-7H2,1,3-4H3,(H,18,24,25);6,8,10,12-14,19H,3,7,9H2,1-2,4-5H3;6,8,11,13-15,19H,1,3,7,9H2,2,4-5H3,(H,16,18);8,11-13,15,18-19H,2-3,6-7H2,1,4-5H3,(H,16,20)/t2*12-,13-,14-,16?;10-,12-,13-,14?;11-,13-,14-,15?;11-,12-,13-,15?/m11111/s1. The molecule has 0 aliphatic carbocycles. The lowest BCUT2D eigenvalue weighted by atomic mass is 10.1. The summed E-state index contributed by atoms with van der Waals surface area (Å²) in [5.41, 5.74) is -4.88. The molecule has 0 bridgehead atoms. The Hall–Kier alpha value is -7.08. The van der Waals surface area contributed by atoms with E-state index in [1.165, 1.54) is 44.0 Å². The molecule has 10 heterocycles. The van der Waals surface area contributed by atoms with E-state index in [0.717, 1.165) is 64.1 Å². The van der Waals surface area contributed by atoms with Gasteiger partial charge in [-0.15, -0.1) is 65.9 Å². The van der Waals surface area contributed by atoms with E-state index in [2.05, 4.69) is 100 Å². The second-order valence-electron chi connectivity index (χ2n) is 34.5. The number of carbonyl (C=O) groups excluding carboxylic acids is 6. The van der Waals surface area contributed by atoms with E-state index >= 15 is 0 Å². The zero-order chi connectivity index (χ0) is 92.2.